The number of hydrogen-bond acceptors (Lipinski definition) is 24. The normalized spacial score (nSPS) is 25.3. The van der Waals surface area contributed by atoms with Crippen molar-refractivity contribution in [3.8, 4) is 0 Å². The molecular formula is C32H39FN10O18P2. The minimum absolute atomic E-state index is 0.165. The standard InChI is InChI=1S/C32H39FN10O18P2/c1-14(2)57-30(46)51-12-55-62(5)54-8-16-20(17(33)26(59-16)42-10-36-18-22(42)38-28(34)40-24(18)44)60-63(49,56-13-52-31(47)58-15(3)4)53-7-6-32(48)9-50-27(21(32)61-62)43-11-37-19-23(43)39-29(35)41-25(19)45/h10-11,14-15,17,26,48H,5-9,12-13H2,1-4H3,(H3,34,38,40,44)(H3,35,39,41,45). The van der Waals surface area contributed by atoms with E-state index in [9.17, 15) is 28.8 Å². The highest BCUT2D eigenvalue weighted by atomic mass is 31.2. The maximum atomic E-state index is 16.8. The van der Waals surface area contributed by atoms with Crippen molar-refractivity contribution in [1.29, 1.82) is 0 Å². The van der Waals surface area contributed by atoms with E-state index in [0.717, 1.165) is 21.8 Å². The zero-order chi connectivity index (χ0) is 45.4. The number of nitrogens with one attached hydrogen (secondary N) is 2. The van der Waals surface area contributed by atoms with Crippen molar-refractivity contribution in [3.63, 3.8) is 0 Å². The minimum Gasteiger partial charge on any atom is -0.472 e. The van der Waals surface area contributed by atoms with Gasteiger partial charge in [0.05, 0.1) is 18.8 Å². The largest absolute Gasteiger partial charge is 0.532 e. The van der Waals surface area contributed by atoms with Crippen LogP contribution in [0.3, 0.4) is 0 Å². The first-order valence-corrected chi connectivity index (χ1v) is 21.5. The molecule has 0 spiro atoms. The summed E-state index contributed by atoms with van der Waals surface area (Å²) in [6.07, 6.45) is -2.48. The Labute approximate surface area is 351 Å². The molecule has 4 aromatic rings. The van der Waals surface area contributed by atoms with E-state index in [2.05, 4.69) is 36.2 Å². The number of anilines is 2. The minimum atomic E-state index is -5.17. The molecule has 342 valence electrons. The zero-order valence-corrected chi connectivity index (χ0v) is 35.2. The van der Waals surface area contributed by atoms with Crippen LogP contribution in [0, 0.1) is 0 Å². The average molecular weight is 933 g/mol. The van der Waals surface area contributed by atoms with E-state index in [1.165, 1.54) is 13.8 Å². The third-order valence-electron chi connectivity index (χ3n) is 8.55. The van der Waals surface area contributed by atoms with Crippen molar-refractivity contribution in [3.05, 3.63) is 50.6 Å². The van der Waals surface area contributed by atoms with Crippen LogP contribution in [0.4, 0.5) is 25.9 Å². The van der Waals surface area contributed by atoms with Gasteiger partial charge in [0.1, 0.15) is 25.9 Å². The first kappa shape index (κ1) is 44.8. The highest BCUT2D eigenvalue weighted by Gasteiger charge is 2.50. The van der Waals surface area contributed by atoms with E-state index < -0.39 is 126 Å². The number of imidazole rings is 2. The summed E-state index contributed by atoms with van der Waals surface area (Å²) in [6.45, 7) is 1.74. The number of carbonyl (C=O) groups excluding carboxylic acids is 2. The van der Waals surface area contributed by atoms with Gasteiger partial charge in [-0.15, -0.1) is 0 Å². The number of aliphatic hydroxyl groups is 1. The Balaban J connectivity index is 1.31. The molecule has 31 heteroatoms. The van der Waals surface area contributed by atoms with Crippen LogP contribution in [-0.4, -0.2) is 120 Å². The number of aromatic nitrogens is 8. The molecule has 7 rings (SSSR count). The Morgan fingerprint density at radius 1 is 0.968 bits per heavy atom. The van der Waals surface area contributed by atoms with Gasteiger partial charge in [0.25, 0.3) is 11.1 Å². The van der Waals surface area contributed by atoms with Crippen LogP contribution >= 0.6 is 15.4 Å². The van der Waals surface area contributed by atoms with E-state index >= 15 is 4.39 Å². The number of H-pyrrole nitrogens is 2. The predicted octanol–water partition coefficient (Wildman–Crippen LogP) is 2.23. The van der Waals surface area contributed by atoms with Gasteiger partial charge in [-0.1, -0.05) is 0 Å². The molecule has 0 bridgehead atoms. The smallest absolute Gasteiger partial charge is 0.472 e. The van der Waals surface area contributed by atoms with Crippen molar-refractivity contribution in [1.82, 2.24) is 39.0 Å². The number of nitrogens with zero attached hydrogens (tertiary/aromatic N) is 6. The molecule has 0 amide bonds. The van der Waals surface area contributed by atoms with Gasteiger partial charge in [0.2, 0.25) is 49.5 Å². The summed E-state index contributed by atoms with van der Waals surface area (Å²) in [5.41, 5.74) is 6.89. The fourth-order valence-electron chi connectivity index (χ4n) is 5.83. The lowest BCUT2D eigenvalue weighted by Gasteiger charge is -2.30. The molecule has 7 N–H and O–H groups in total. The number of rotatable bonds is 10. The van der Waals surface area contributed by atoms with Gasteiger partial charge >= 0.3 is 27.7 Å². The topological polar surface area (TPSA) is 361 Å². The Bertz CT molecular complexity index is 2720. The van der Waals surface area contributed by atoms with Crippen LogP contribution in [0.5, 0.6) is 0 Å². The molecule has 5 unspecified atom stereocenters. The summed E-state index contributed by atoms with van der Waals surface area (Å²) in [4.78, 5) is 70.4. The lowest BCUT2D eigenvalue weighted by atomic mass is 10.0. The summed E-state index contributed by atoms with van der Waals surface area (Å²) in [5.74, 6) is -3.05. The molecule has 0 fully saturated rings. The van der Waals surface area contributed by atoms with Gasteiger partial charge in [-0.05, 0) is 34.0 Å². The third kappa shape index (κ3) is 9.58. The van der Waals surface area contributed by atoms with Gasteiger partial charge in [0, 0.05) is 6.42 Å². The number of phosphoric ester groups is 1. The molecule has 3 aliphatic heterocycles. The number of aromatic amines is 2. The fourth-order valence-corrected chi connectivity index (χ4v) is 8.18. The molecule has 0 aliphatic carbocycles. The van der Waals surface area contributed by atoms with Crippen LogP contribution in [0.15, 0.2) is 39.5 Å². The lowest BCUT2D eigenvalue weighted by Crippen LogP contribution is -2.35. The summed E-state index contributed by atoms with van der Waals surface area (Å²) in [5, 5.41) is 12.2. The molecule has 0 aromatic carbocycles. The van der Waals surface area contributed by atoms with Gasteiger partial charge in [-0.25, -0.2) is 37.6 Å². The zero-order valence-electron chi connectivity index (χ0n) is 33.4. The van der Waals surface area contributed by atoms with Crippen LogP contribution < -0.4 is 22.6 Å². The first-order chi connectivity index (χ1) is 29.8. The summed E-state index contributed by atoms with van der Waals surface area (Å²) in [6, 6.07) is 0. The lowest BCUT2D eigenvalue weighted by molar-refractivity contribution is -0.0331. The number of phosphoric acid groups is 1. The van der Waals surface area contributed by atoms with Gasteiger partial charge in [-0.3, -0.25) is 33.2 Å². The van der Waals surface area contributed by atoms with Crippen LogP contribution in [0.25, 0.3) is 28.2 Å². The number of alkyl halides is 1. The number of fused-ring (bicyclic) bond motifs is 3. The number of halogens is 1. The highest BCUT2D eigenvalue weighted by Crippen LogP contribution is 2.59. The summed E-state index contributed by atoms with van der Waals surface area (Å²) >= 11 is 0. The Kier molecular flexibility index (Phi) is 12.5. The summed E-state index contributed by atoms with van der Waals surface area (Å²) in [7, 11) is -9.52. The molecular weight excluding hydrogens is 893 g/mol. The molecule has 5 atom stereocenters. The van der Waals surface area contributed by atoms with Crippen molar-refractivity contribution >= 4 is 74.1 Å². The molecule has 4 aromatic heterocycles. The van der Waals surface area contributed by atoms with E-state index in [-0.39, 0.29) is 40.1 Å². The second-order valence-corrected chi connectivity index (χ2v) is 17.4. The fraction of sp³-hybridized carbons (Fsp3) is 0.469. The Hall–Kier alpha value is -6.22. The molecule has 0 radical (unpaired) electrons. The van der Waals surface area contributed by atoms with Crippen LogP contribution in [0.2, 0.25) is 0 Å². The third-order valence-corrected chi connectivity index (χ3v) is 11.4. The number of ether oxygens (including phenoxy) is 6. The van der Waals surface area contributed by atoms with Crippen molar-refractivity contribution in [2.45, 2.75) is 64.3 Å². The van der Waals surface area contributed by atoms with Crippen molar-refractivity contribution in [2.75, 3.05) is 44.9 Å². The van der Waals surface area contributed by atoms with Gasteiger partial charge in [-0.2, -0.15) is 9.97 Å². The number of hydrogen-bond donors (Lipinski definition) is 5. The first-order valence-electron chi connectivity index (χ1n) is 18.3. The second-order valence-electron chi connectivity index (χ2n) is 13.9. The number of nitrogen functional groups attached to an aromatic ring is 2. The van der Waals surface area contributed by atoms with E-state index in [1.807, 2.05) is 0 Å². The van der Waals surface area contributed by atoms with Crippen LogP contribution in [0.1, 0.15) is 40.3 Å². The second kappa shape index (κ2) is 17.5. The van der Waals surface area contributed by atoms with Crippen molar-refractivity contribution in [2.24, 2.45) is 0 Å². The SMILES string of the molecule is C=P1(OCOC(=O)OC(C)C)OCC2=C(OP(=O)(OCOC(=O)OC(C)C)OCCC3(O)COC(n4cnc5c(=O)[nH]c(N)nc54)=C3O1)C(F)C(n1cnc3c(=O)[nH]c(N)nc31)O2. The maximum absolute atomic E-state index is 16.8. The Morgan fingerprint density at radius 3 is 2.22 bits per heavy atom. The monoisotopic (exact) mass is 932 g/mol. The van der Waals surface area contributed by atoms with Crippen LogP contribution in [-0.2, 0) is 60.1 Å². The van der Waals surface area contributed by atoms with E-state index in [0.29, 0.717) is 0 Å². The Morgan fingerprint density at radius 2 is 1.57 bits per heavy atom. The molecule has 63 heavy (non-hydrogen) atoms. The average Bonchev–Trinajstić information content (AvgIpc) is 3.94. The molecule has 0 saturated heterocycles. The predicted molar refractivity (Wildman–Crippen MR) is 209 cm³/mol. The molecule has 3 aliphatic rings. The number of carbonyl (C=O) groups is 2. The number of nitrogens with two attached hydrogens (primary N) is 2. The van der Waals surface area contributed by atoms with Crippen molar-refractivity contribution < 1.29 is 79.2 Å². The molecule has 7 heterocycles. The highest BCUT2D eigenvalue weighted by molar-refractivity contribution is 7.59. The van der Waals surface area contributed by atoms with E-state index in [1.54, 1.807) is 13.8 Å². The van der Waals surface area contributed by atoms with Gasteiger partial charge < -0.3 is 58.6 Å². The van der Waals surface area contributed by atoms with E-state index in [4.69, 9.17) is 67.0 Å². The summed E-state index contributed by atoms with van der Waals surface area (Å²) < 4.78 is 99.3. The quantitative estimate of drug-likeness (QED) is 0.0864. The maximum Gasteiger partial charge on any atom is 0.532 e. The molecule has 28 nitrogen and oxygen atoms in total. The molecule has 0 saturated carbocycles. The van der Waals surface area contributed by atoms with Gasteiger partial charge in [0.15, 0.2) is 39.4 Å².